The number of hydrogen-bond donors (Lipinski definition) is 1. The van der Waals surface area contributed by atoms with Crippen molar-refractivity contribution < 1.29 is 9.53 Å². The Balaban J connectivity index is 2.41. The minimum absolute atomic E-state index is 0.344. The molecule has 1 aromatic rings. The van der Waals surface area contributed by atoms with Gasteiger partial charge in [-0.1, -0.05) is 12.1 Å². The third-order valence-electron chi connectivity index (χ3n) is 1.39. The third kappa shape index (κ3) is 1.05. The molecule has 0 aliphatic carbocycles. The number of rotatable bonds is 0. The number of fused-ring (bicyclic) bond motifs is 1. The van der Waals surface area contributed by atoms with E-state index in [9.17, 15) is 4.79 Å². The molecule has 0 saturated heterocycles. The lowest BCUT2D eigenvalue weighted by molar-refractivity contribution is -0.115. The first kappa shape index (κ1) is 6.22. The van der Waals surface area contributed by atoms with E-state index in [2.05, 4.69) is 11.9 Å². The number of hydrogen-bond acceptors (Lipinski definition) is 2. The summed E-state index contributed by atoms with van der Waals surface area (Å²) >= 11 is 0. The second kappa shape index (κ2) is 2.27. The molecule has 3 nitrogen and oxygen atoms in total. The van der Waals surface area contributed by atoms with Gasteiger partial charge in [-0.25, -0.2) is 0 Å². The maximum atomic E-state index is 10.7. The summed E-state index contributed by atoms with van der Waals surface area (Å²) < 4.78 is 4.87. The Labute approximate surface area is 64.0 Å². The van der Waals surface area contributed by atoms with Gasteiger partial charge in [-0.15, -0.1) is 0 Å². The summed E-state index contributed by atoms with van der Waals surface area (Å²) in [5, 5.41) is 2.58. The minimum atomic E-state index is -0.344. The topological polar surface area (TPSA) is 38.3 Å². The van der Waals surface area contributed by atoms with Crippen LogP contribution >= 0.6 is 0 Å². The van der Waals surface area contributed by atoms with Crippen molar-refractivity contribution in [3.05, 3.63) is 30.9 Å². The quantitative estimate of drug-likeness (QED) is 0.595. The molecule has 0 bridgehead atoms. The number of anilines is 1. The first-order valence-corrected chi connectivity index (χ1v) is 3.19. The van der Waals surface area contributed by atoms with Crippen molar-refractivity contribution in [2.24, 2.45) is 0 Å². The Morgan fingerprint density at radius 2 is 2.18 bits per heavy atom. The van der Waals surface area contributed by atoms with Crippen LogP contribution in [0.1, 0.15) is 0 Å². The van der Waals surface area contributed by atoms with E-state index in [4.69, 9.17) is 4.74 Å². The van der Waals surface area contributed by atoms with Crippen LogP contribution in [-0.4, -0.2) is 5.91 Å². The summed E-state index contributed by atoms with van der Waals surface area (Å²) in [5.41, 5.74) is 0.691. The number of amides is 1. The average Bonchev–Trinajstić information content (AvgIpc) is 2.04. The summed E-state index contributed by atoms with van der Waals surface area (Å²) in [6.07, 6.45) is 0. The molecule has 1 aliphatic rings. The highest BCUT2D eigenvalue weighted by atomic mass is 16.5. The second-order valence-electron chi connectivity index (χ2n) is 2.15. The van der Waals surface area contributed by atoms with Crippen LogP contribution in [-0.2, 0) is 4.79 Å². The largest absolute Gasteiger partial charge is 0.465 e. The molecule has 3 heteroatoms. The van der Waals surface area contributed by atoms with Gasteiger partial charge in [0.15, 0.2) is 0 Å². The molecule has 2 rings (SSSR count). The minimum Gasteiger partial charge on any atom is -0.465 e. The fraction of sp³-hybridized carbons (Fsp3) is 0. The van der Waals surface area contributed by atoms with Crippen LogP contribution in [0.3, 0.4) is 0 Å². The lowest BCUT2D eigenvalue weighted by Crippen LogP contribution is -2.20. The average molecular weight is 147 g/mol. The fourth-order valence-electron chi connectivity index (χ4n) is 0.908. The zero-order valence-corrected chi connectivity index (χ0v) is 5.63. The monoisotopic (exact) mass is 147 g/mol. The Hall–Kier alpha value is -1.51. The van der Waals surface area contributed by atoms with Crippen LogP contribution in [0.25, 0.3) is 0 Å². The normalized spacial score (nSPS) is 14.7. The SMILES string of the molecule is O=C1[C]Oc2ccccc2N1. The summed E-state index contributed by atoms with van der Waals surface area (Å²) in [6.45, 7) is 2.19. The molecule has 1 N–H and O–H groups in total. The van der Waals surface area contributed by atoms with Crippen molar-refractivity contribution in [1.82, 2.24) is 0 Å². The van der Waals surface area contributed by atoms with Gasteiger partial charge < -0.3 is 10.1 Å². The maximum Gasteiger partial charge on any atom is 0.293 e. The lowest BCUT2D eigenvalue weighted by atomic mass is 10.2. The van der Waals surface area contributed by atoms with Crippen molar-refractivity contribution in [3.8, 4) is 5.75 Å². The van der Waals surface area contributed by atoms with Gasteiger partial charge in [0, 0.05) is 0 Å². The zero-order chi connectivity index (χ0) is 7.68. The lowest BCUT2D eigenvalue weighted by Gasteiger charge is -2.14. The van der Waals surface area contributed by atoms with Gasteiger partial charge in [0.2, 0.25) is 0 Å². The van der Waals surface area contributed by atoms with Crippen molar-refractivity contribution >= 4 is 11.6 Å². The fourth-order valence-corrected chi connectivity index (χ4v) is 0.908. The predicted octanol–water partition coefficient (Wildman–Crippen LogP) is 1.06. The first-order chi connectivity index (χ1) is 5.36. The van der Waals surface area contributed by atoms with Gasteiger partial charge in [-0.05, 0) is 12.1 Å². The molecule has 1 heterocycles. The van der Waals surface area contributed by atoms with Crippen LogP contribution in [0.5, 0.6) is 5.75 Å². The van der Waals surface area contributed by atoms with Gasteiger partial charge in [-0.3, -0.25) is 4.79 Å². The van der Waals surface area contributed by atoms with Crippen LogP contribution in [0, 0.1) is 6.61 Å². The zero-order valence-electron chi connectivity index (χ0n) is 5.63. The van der Waals surface area contributed by atoms with Gasteiger partial charge >= 0.3 is 0 Å². The van der Waals surface area contributed by atoms with Crippen molar-refractivity contribution in [3.63, 3.8) is 0 Å². The smallest absolute Gasteiger partial charge is 0.293 e. The molecule has 2 radical (unpaired) electrons. The molecule has 0 atom stereocenters. The van der Waals surface area contributed by atoms with Gasteiger partial charge in [0.1, 0.15) is 5.75 Å². The molecule has 0 fully saturated rings. The summed E-state index contributed by atoms with van der Waals surface area (Å²) in [4.78, 5) is 10.7. The van der Waals surface area contributed by atoms with Crippen LogP contribution in [0.2, 0.25) is 0 Å². The molecule has 11 heavy (non-hydrogen) atoms. The standard InChI is InChI=1S/C8H5NO2/c10-8-5-11-7-4-2-1-3-6(7)9-8/h1-4H,(H,9,10). The van der Waals surface area contributed by atoms with E-state index in [1.54, 1.807) is 12.1 Å². The third-order valence-corrected chi connectivity index (χ3v) is 1.39. The molecule has 0 aromatic heterocycles. The number of ether oxygens (including phenoxy) is 1. The second-order valence-corrected chi connectivity index (χ2v) is 2.15. The van der Waals surface area contributed by atoms with E-state index in [1.165, 1.54) is 0 Å². The van der Waals surface area contributed by atoms with Gasteiger partial charge in [-0.2, -0.15) is 0 Å². The molecule has 0 spiro atoms. The summed E-state index contributed by atoms with van der Waals surface area (Å²) in [5.74, 6) is 0.288. The van der Waals surface area contributed by atoms with Crippen molar-refractivity contribution in [1.29, 1.82) is 0 Å². The Morgan fingerprint density at radius 1 is 1.36 bits per heavy atom. The molecule has 54 valence electrons. The predicted molar refractivity (Wildman–Crippen MR) is 38.9 cm³/mol. The van der Waals surface area contributed by atoms with Crippen molar-refractivity contribution in [2.45, 2.75) is 0 Å². The van der Waals surface area contributed by atoms with E-state index in [0.29, 0.717) is 11.4 Å². The number of nitrogens with one attached hydrogen (secondary N) is 1. The molecular weight excluding hydrogens is 142 g/mol. The molecule has 0 unspecified atom stereocenters. The van der Waals surface area contributed by atoms with E-state index in [0.717, 1.165) is 0 Å². The van der Waals surface area contributed by atoms with Gasteiger partial charge in [0.05, 0.1) is 5.69 Å². The maximum absolute atomic E-state index is 10.7. The summed E-state index contributed by atoms with van der Waals surface area (Å²) in [6, 6.07) is 7.20. The molecule has 1 aliphatic heterocycles. The Kier molecular flexibility index (Phi) is 1.28. The highest BCUT2D eigenvalue weighted by Crippen LogP contribution is 2.27. The van der Waals surface area contributed by atoms with E-state index in [1.807, 2.05) is 12.1 Å². The molecule has 1 amide bonds. The molecule has 0 saturated carbocycles. The number of carbonyl (C=O) groups is 1. The van der Waals surface area contributed by atoms with E-state index >= 15 is 0 Å². The van der Waals surface area contributed by atoms with Crippen molar-refractivity contribution in [2.75, 3.05) is 5.32 Å². The number of benzene rings is 1. The number of para-hydroxylation sites is 2. The highest BCUT2D eigenvalue weighted by molar-refractivity contribution is 5.99. The van der Waals surface area contributed by atoms with Crippen LogP contribution in [0.15, 0.2) is 24.3 Å². The highest BCUT2D eigenvalue weighted by Gasteiger charge is 2.15. The van der Waals surface area contributed by atoms with Crippen LogP contribution in [0.4, 0.5) is 5.69 Å². The van der Waals surface area contributed by atoms with E-state index < -0.39 is 0 Å². The molecule has 1 aromatic carbocycles. The Morgan fingerprint density at radius 3 is 3.09 bits per heavy atom. The first-order valence-electron chi connectivity index (χ1n) is 3.19. The molecular formula is C8H5NO2. The Bertz CT molecular complexity index is 296. The number of carbonyl (C=O) groups excluding carboxylic acids is 1. The van der Waals surface area contributed by atoms with Gasteiger partial charge in [0.25, 0.3) is 12.5 Å². The van der Waals surface area contributed by atoms with Crippen LogP contribution < -0.4 is 10.1 Å². The summed E-state index contributed by atoms with van der Waals surface area (Å²) in [7, 11) is 0. The van der Waals surface area contributed by atoms with E-state index in [-0.39, 0.29) is 5.91 Å².